The first-order valence-corrected chi connectivity index (χ1v) is 10.9. The van der Waals surface area contributed by atoms with Crippen LogP contribution in [-0.4, -0.2) is 41.7 Å². The van der Waals surface area contributed by atoms with E-state index in [2.05, 4.69) is 35.2 Å². The van der Waals surface area contributed by atoms with Gasteiger partial charge >= 0.3 is 8.80 Å². The second kappa shape index (κ2) is 10.1. The summed E-state index contributed by atoms with van der Waals surface area (Å²) >= 11 is 0. The Bertz CT molecular complexity index is 424. The molecule has 0 aromatic heterocycles. The van der Waals surface area contributed by atoms with Crippen molar-refractivity contribution in [1.82, 2.24) is 0 Å². The number of anilines is 1. The van der Waals surface area contributed by atoms with Gasteiger partial charge in [0.15, 0.2) is 0 Å². The third kappa shape index (κ3) is 5.92. The average molecular weight is 338 g/mol. The third-order valence-electron chi connectivity index (χ3n) is 4.19. The molecule has 1 aromatic carbocycles. The molecule has 1 aliphatic rings. The van der Waals surface area contributed by atoms with Gasteiger partial charge in [0, 0.05) is 38.0 Å². The van der Waals surface area contributed by atoms with Gasteiger partial charge in [0.2, 0.25) is 0 Å². The van der Waals surface area contributed by atoms with Crippen LogP contribution in [0.15, 0.2) is 30.3 Å². The second-order valence-electron chi connectivity index (χ2n) is 5.88. The van der Waals surface area contributed by atoms with Crippen LogP contribution in [0.1, 0.15) is 39.5 Å². The predicted octanol–water partition coefficient (Wildman–Crippen LogP) is 4.10. The van der Waals surface area contributed by atoms with E-state index in [1.165, 1.54) is 24.9 Å². The molecule has 4 nitrogen and oxygen atoms in total. The molecule has 0 bridgehead atoms. The van der Waals surface area contributed by atoms with E-state index in [-0.39, 0.29) is 0 Å². The molecule has 1 fully saturated rings. The van der Waals surface area contributed by atoms with Gasteiger partial charge in [0.25, 0.3) is 0 Å². The normalized spacial score (nSPS) is 20.0. The minimum Gasteiger partial charge on any atom is -0.374 e. The molecule has 0 unspecified atom stereocenters. The molecule has 2 rings (SSSR count). The number of rotatable bonds is 5. The van der Waals surface area contributed by atoms with Crippen molar-refractivity contribution in [2.75, 3.05) is 37.8 Å². The zero-order chi connectivity index (χ0) is 16.4. The lowest BCUT2D eigenvalue weighted by atomic mass is 10.2. The molecular weight excluding hydrogens is 306 g/mol. The van der Waals surface area contributed by atoms with E-state index in [0.717, 1.165) is 25.6 Å². The fourth-order valence-electron chi connectivity index (χ4n) is 3.10. The molecule has 0 N–H and O–H groups in total. The summed E-state index contributed by atoms with van der Waals surface area (Å²) in [6.45, 7) is 8.02. The fraction of sp³-hybridized carbons (Fsp3) is 0.667. The third-order valence-corrected chi connectivity index (χ3v) is 7.26. The van der Waals surface area contributed by atoms with E-state index in [0.29, 0.717) is 19.8 Å². The lowest BCUT2D eigenvalue weighted by Crippen LogP contribution is -2.47. The lowest BCUT2D eigenvalue weighted by molar-refractivity contribution is 0.0687. The molecule has 0 saturated carbocycles. The minimum atomic E-state index is -2.50. The highest BCUT2D eigenvalue weighted by atomic mass is 28.4. The van der Waals surface area contributed by atoms with E-state index in [9.17, 15) is 0 Å². The maximum Gasteiger partial charge on any atom is 0.500 e. The van der Waals surface area contributed by atoms with E-state index < -0.39 is 8.80 Å². The summed E-state index contributed by atoms with van der Waals surface area (Å²) < 4.78 is 18.2. The Morgan fingerprint density at radius 2 is 1.65 bits per heavy atom. The Balaban J connectivity index is 2.04. The van der Waals surface area contributed by atoms with Crippen molar-refractivity contribution >= 4 is 14.5 Å². The highest BCUT2D eigenvalue weighted by molar-refractivity contribution is 6.60. The maximum absolute atomic E-state index is 6.25. The predicted molar refractivity (Wildman–Crippen MR) is 96.9 cm³/mol. The zero-order valence-electron chi connectivity index (χ0n) is 14.6. The van der Waals surface area contributed by atoms with Crippen molar-refractivity contribution in [2.24, 2.45) is 0 Å². The van der Waals surface area contributed by atoms with Crippen LogP contribution < -0.4 is 4.90 Å². The highest BCUT2D eigenvalue weighted by Crippen LogP contribution is 2.22. The molecule has 0 radical (unpaired) electrons. The number of para-hydroxylation sites is 1. The van der Waals surface area contributed by atoms with Crippen LogP contribution in [0, 0.1) is 0 Å². The van der Waals surface area contributed by atoms with Gasteiger partial charge in [-0.1, -0.05) is 31.0 Å². The Hall–Kier alpha value is -0.883. The topological polar surface area (TPSA) is 30.9 Å². The highest BCUT2D eigenvalue weighted by Gasteiger charge is 2.40. The molecule has 1 aromatic rings. The lowest BCUT2D eigenvalue weighted by Gasteiger charge is -2.30. The van der Waals surface area contributed by atoms with Gasteiger partial charge in [-0.3, -0.25) is 0 Å². The van der Waals surface area contributed by atoms with Crippen LogP contribution in [0.4, 0.5) is 5.69 Å². The summed E-state index contributed by atoms with van der Waals surface area (Å²) in [5, 5.41) is 0. The van der Waals surface area contributed by atoms with E-state index in [1.807, 2.05) is 13.8 Å². The van der Waals surface area contributed by atoms with Crippen molar-refractivity contribution in [3.05, 3.63) is 30.3 Å². The van der Waals surface area contributed by atoms with E-state index in [1.54, 1.807) is 0 Å². The standard InChI is InChI=1S/C18H31NO3Si/c1-3-20-23(21-4-2)17-11-6-5-10-14-19(15-16-22-23)18-12-8-7-9-13-18/h7-9,12-13H,3-6,10-11,14-17H2,1-2H3. The van der Waals surface area contributed by atoms with Crippen LogP contribution in [0.2, 0.25) is 6.04 Å². The van der Waals surface area contributed by atoms with Crippen LogP contribution >= 0.6 is 0 Å². The number of hydrogen-bond donors (Lipinski definition) is 0. The second-order valence-corrected chi connectivity index (χ2v) is 8.62. The Kier molecular flexibility index (Phi) is 8.09. The molecule has 1 saturated heterocycles. The van der Waals surface area contributed by atoms with Crippen LogP contribution in [0.25, 0.3) is 0 Å². The molecule has 1 heterocycles. The molecule has 0 atom stereocenters. The average Bonchev–Trinajstić information content (AvgIpc) is 2.61. The Morgan fingerprint density at radius 1 is 0.957 bits per heavy atom. The first-order chi connectivity index (χ1) is 11.3. The van der Waals surface area contributed by atoms with E-state index >= 15 is 0 Å². The van der Waals surface area contributed by atoms with Gasteiger partial charge in [-0.2, -0.15) is 0 Å². The van der Waals surface area contributed by atoms with Gasteiger partial charge in [0.05, 0.1) is 6.61 Å². The molecule has 130 valence electrons. The summed E-state index contributed by atoms with van der Waals surface area (Å²) in [6.07, 6.45) is 4.84. The van der Waals surface area contributed by atoms with Crippen molar-refractivity contribution in [3.63, 3.8) is 0 Å². The van der Waals surface area contributed by atoms with Crippen molar-refractivity contribution in [2.45, 2.75) is 45.6 Å². The quantitative estimate of drug-likeness (QED) is 0.757. The molecular formula is C18H31NO3Si. The summed E-state index contributed by atoms with van der Waals surface area (Å²) in [5.41, 5.74) is 1.27. The first kappa shape index (κ1) is 18.5. The largest absolute Gasteiger partial charge is 0.500 e. The van der Waals surface area contributed by atoms with E-state index in [4.69, 9.17) is 13.3 Å². The summed E-state index contributed by atoms with van der Waals surface area (Å²) in [5.74, 6) is 0. The fourth-order valence-corrected chi connectivity index (χ4v) is 5.75. The molecule has 0 spiro atoms. The Labute approximate surface area is 142 Å². The van der Waals surface area contributed by atoms with Crippen LogP contribution in [-0.2, 0) is 13.3 Å². The smallest absolute Gasteiger partial charge is 0.374 e. The van der Waals surface area contributed by atoms with Gasteiger partial charge in [-0.25, -0.2) is 0 Å². The number of hydrogen-bond acceptors (Lipinski definition) is 4. The molecule has 23 heavy (non-hydrogen) atoms. The summed E-state index contributed by atoms with van der Waals surface area (Å²) in [6, 6.07) is 11.6. The molecule has 5 heteroatoms. The van der Waals surface area contributed by atoms with Crippen molar-refractivity contribution in [1.29, 1.82) is 0 Å². The zero-order valence-corrected chi connectivity index (χ0v) is 15.6. The minimum absolute atomic E-state index is 0.661. The molecule has 0 amide bonds. The van der Waals surface area contributed by atoms with Gasteiger partial charge in [-0.15, -0.1) is 0 Å². The molecule has 1 aliphatic heterocycles. The summed E-state index contributed by atoms with van der Waals surface area (Å²) in [7, 11) is -2.50. The maximum atomic E-state index is 6.25. The molecule has 0 aliphatic carbocycles. The SMILES string of the molecule is CCO[Si]1(OCC)CCCCCCN(c2ccccc2)CCO1. The Morgan fingerprint density at radius 3 is 2.35 bits per heavy atom. The van der Waals surface area contributed by atoms with Crippen molar-refractivity contribution < 1.29 is 13.3 Å². The van der Waals surface area contributed by atoms with Gasteiger partial charge in [-0.05, 0) is 38.8 Å². The summed E-state index contributed by atoms with van der Waals surface area (Å²) in [4.78, 5) is 2.42. The van der Waals surface area contributed by atoms with Gasteiger partial charge in [0.1, 0.15) is 0 Å². The monoisotopic (exact) mass is 337 g/mol. The van der Waals surface area contributed by atoms with Gasteiger partial charge < -0.3 is 18.2 Å². The number of benzene rings is 1. The van der Waals surface area contributed by atoms with Crippen LogP contribution in [0.3, 0.4) is 0 Å². The van der Waals surface area contributed by atoms with Crippen LogP contribution in [0.5, 0.6) is 0 Å². The van der Waals surface area contributed by atoms with Crippen molar-refractivity contribution in [3.8, 4) is 0 Å². The number of nitrogens with zero attached hydrogens (tertiary/aromatic N) is 1. The first-order valence-electron chi connectivity index (χ1n) is 9.01.